The number of allylic oxidation sites excluding steroid dienone is 2. The van der Waals surface area contributed by atoms with Crippen molar-refractivity contribution in [1.82, 2.24) is 5.32 Å². The first-order valence-electron chi connectivity index (χ1n) is 37.9. The lowest BCUT2D eigenvalue weighted by Crippen LogP contribution is -2.45. The van der Waals surface area contributed by atoms with Crippen LogP contribution in [0, 0.1) is 0 Å². The van der Waals surface area contributed by atoms with Crippen LogP contribution in [0.1, 0.15) is 438 Å². The molecule has 0 rings (SSSR count). The van der Waals surface area contributed by atoms with Crippen molar-refractivity contribution in [1.29, 1.82) is 0 Å². The molecule has 0 aromatic heterocycles. The Labute approximate surface area is 514 Å². The summed E-state index contributed by atoms with van der Waals surface area (Å²) in [6.45, 7) is 5.01. The van der Waals surface area contributed by atoms with E-state index in [9.17, 15) is 19.8 Å². The number of rotatable bonds is 72. The minimum absolute atomic E-state index is 0.0215. The van der Waals surface area contributed by atoms with E-state index in [1.807, 2.05) is 0 Å². The van der Waals surface area contributed by atoms with Gasteiger partial charge in [0.25, 0.3) is 0 Å². The second-order valence-corrected chi connectivity index (χ2v) is 26.3. The van der Waals surface area contributed by atoms with Crippen LogP contribution in [0.2, 0.25) is 0 Å². The zero-order valence-electron chi connectivity index (χ0n) is 56.0. The van der Waals surface area contributed by atoms with E-state index in [4.69, 9.17) is 4.74 Å². The number of hydrogen-bond acceptors (Lipinski definition) is 5. The SMILES string of the molecule is CCCCCCCCCCCCCCCCCCCCCC(O)C(CO)NC(=O)CCCCCCCCCCCCCC/C=C\CCCCCCCCCCCCCCOC(=O)CCCCCCCCCCCCCCCCCCCC. The van der Waals surface area contributed by atoms with Crippen LogP contribution in [-0.4, -0.2) is 47.4 Å². The molecule has 0 aliphatic heterocycles. The van der Waals surface area contributed by atoms with Gasteiger partial charge >= 0.3 is 5.97 Å². The summed E-state index contributed by atoms with van der Waals surface area (Å²) in [7, 11) is 0. The Hall–Kier alpha value is -1.40. The molecule has 0 aromatic carbocycles. The number of esters is 1. The number of unbranched alkanes of at least 4 members (excludes halogenated alkanes) is 59. The van der Waals surface area contributed by atoms with Crippen LogP contribution in [0.3, 0.4) is 0 Å². The molecule has 0 radical (unpaired) electrons. The summed E-state index contributed by atoms with van der Waals surface area (Å²) in [5.41, 5.74) is 0. The summed E-state index contributed by atoms with van der Waals surface area (Å²) in [5.74, 6) is -0.00850. The highest BCUT2D eigenvalue weighted by Crippen LogP contribution is 2.20. The second kappa shape index (κ2) is 72.1. The van der Waals surface area contributed by atoms with Gasteiger partial charge < -0.3 is 20.3 Å². The van der Waals surface area contributed by atoms with Gasteiger partial charge in [-0.05, 0) is 51.4 Å². The van der Waals surface area contributed by atoms with Gasteiger partial charge in [-0.25, -0.2) is 0 Å². The zero-order chi connectivity index (χ0) is 59.2. The molecule has 1 amide bonds. The van der Waals surface area contributed by atoms with E-state index < -0.39 is 12.1 Å². The Morgan fingerprint density at radius 2 is 0.573 bits per heavy atom. The number of carbonyl (C=O) groups excluding carboxylic acids is 2. The maximum absolute atomic E-state index is 12.5. The van der Waals surface area contributed by atoms with Crippen LogP contribution in [0.25, 0.3) is 0 Å². The van der Waals surface area contributed by atoms with E-state index in [1.54, 1.807) is 0 Å². The Kier molecular flexibility index (Phi) is 70.8. The van der Waals surface area contributed by atoms with Gasteiger partial charge in [0.1, 0.15) is 0 Å². The Morgan fingerprint density at radius 3 is 0.866 bits per heavy atom. The van der Waals surface area contributed by atoms with Crippen LogP contribution in [0.15, 0.2) is 12.2 Å². The quantitative estimate of drug-likeness (QED) is 0.0320. The highest BCUT2D eigenvalue weighted by Gasteiger charge is 2.20. The number of aliphatic hydroxyl groups excluding tert-OH is 2. The molecule has 2 atom stereocenters. The molecule has 0 saturated carbocycles. The van der Waals surface area contributed by atoms with Gasteiger partial charge in [0.2, 0.25) is 5.91 Å². The van der Waals surface area contributed by atoms with Gasteiger partial charge in [-0.1, -0.05) is 386 Å². The van der Waals surface area contributed by atoms with Crippen LogP contribution >= 0.6 is 0 Å². The van der Waals surface area contributed by atoms with Crippen LogP contribution in [0.5, 0.6) is 0 Å². The fourth-order valence-corrected chi connectivity index (χ4v) is 12.3. The Balaban J connectivity index is 3.35. The maximum atomic E-state index is 12.5. The average molecular weight is 1160 g/mol. The molecular formula is C76H149NO5. The summed E-state index contributed by atoms with van der Waals surface area (Å²) >= 11 is 0. The van der Waals surface area contributed by atoms with Crippen molar-refractivity contribution in [2.75, 3.05) is 13.2 Å². The maximum Gasteiger partial charge on any atom is 0.305 e. The van der Waals surface area contributed by atoms with Crippen molar-refractivity contribution >= 4 is 11.9 Å². The molecule has 0 heterocycles. The van der Waals surface area contributed by atoms with Gasteiger partial charge in [-0.3, -0.25) is 9.59 Å². The monoisotopic (exact) mass is 1160 g/mol. The number of carbonyl (C=O) groups is 2. The normalized spacial score (nSPS) is 12.5. The zero-order valence-corrected chi connectivity index (χ0v) is 56.0. The van der Waals surface area contributed by atoms with E-state index in [0.717, 1.165) is 38.5 Å². The van der Waals surface area contributed by atoms with Crippen LogP contribution in [0.4, 0.5) is 0 Å². The van der Waals surface area contributed by atoms with Crippen molar-refractivity contribution in [3.63, 3.8) is 0 Å². The molecule has 6 nitrogen and oxygen atoms in total. The average Bonchev–Trinajstić information content (AvgIpc) is 3.48. The van der Waals surface area contributed by atoms with E-state index in [1.165, 1.54) is 366 Å². The fraction of sp³-hybridized carbons (Fsp3) is 0.947. The Bertz CT molecular complexity index is 1240. The van der Waals surface area contributed by atoms with Gasteiger partial charge in [-0.15, -0.1) is 0 Å². The fourth-order valence-electron chi connectivity index (χ4n) is 12.3. The summed E-state index contributed by atoms with van der Waals surface area (Å²) in [6.07, 6.45) is 90.0. The van der Waals surface area contributed by atoms with Gasteiger partial charge in [0, 0.05) is 12.8 Å². The standard InChI is InChI=1S/C76H149NO5/c1-3-5-7-9-11-13-15-17-19-21-33-36-40-44-48-52-56-60-64-68-74(79)73(72-78)77-75(80)69-65-61-57-53-49-45-41-37-34-31-29-27-25-23-24-26-28-30-32-35-39-43-47-51-55-59-63-67-71-82-76(81)70-66-62-58-54-50-46-42-38-22-20-18-16-14-12-10-8-6-4-2/h23-24,73-74,78-79H,3-22,25-72H2,1-2H3,(H,77,80)/b24-23-. The van der Waals surface area contributed by atoms with Crippen molar-refractivity contribution in [2.45, 2.75) is 450 Å². The third kappa shape index (κ3) is 67.7. The number of hydrogen-bond donors (Lipinski definition) is 3. The minimum atomic E-state index is -0.664. The predicted molar refractivity (Wildman–Crippen MR) is 361 cm³/mol. The van der Waals surface area contributed by atoms with Crippen molar-refractivity contribution in [3.8, 4) is 0 Å². The van der Waals surface area contributed by atoms with Crippen molar-refractivity contribution in [2.24, 2.45) is 0 Å². The molecular weight excluding hydrogens is 1010 g/mol. The van der Waals surface area contributed by atoms with E-state index in [0.29, 0.717) is 25.9 Å². The van der Waals surface area contributed by atoms with Crippen molar-refractivity contribution < 1.29 is 24.5 Å². The molecule has 0 saturated heterocycles. The molecule has 6 heteroatoms. The van der Waals surface area contributed by atoms with Crippen molar-refractivity contribution in [3.05, 3.63) is 12.2 Å². The molecule has 0 bridgehead atoms. The summed E-state index contributed by atoms with van der Waals surface area (Å²) < 4.78 is 5.51. The molecule has 0 aromatic rings. The van der Waals surface area contributed by atoms with Crippen LogP contribution in [-0.2, 0) is 14.3 Å². The first-order valence-corrected chi connectivity index (χ1v) is 37.9. The lowest BCUT2D eigenvalue weighted by Gasteiger charge is -2.22. The molecule has 0 aliphatic carbocycles. The number of nitrogens with one attached hydrogen (secondary N) is 1. The highest BCUT2D eigenvalue weighted by atomic mass is 16.5. The molecule has 2 unspecified atom stereocenters. The van der Waals surface area contributed by atoms with E-state index in [2.05, 4.69) is 31.3 Å². The molecule has 488 valence electrons. The number of amides is 1. The molecule has 0 aliphatic rings. The predicted octanol–water partition coefficient (Wildman–Crippen LogP) is 24.7. The van der Waals surface area contributed by atoms with Gasteiger partial charge in [0.15, 0.2) is 0 Å². The lowest BCUT2D eigenvalue weighted by molar-refractivity contribution is -0.143. The topological polar surface area (TPSA) is 95.9 Å². The summed E-state index contributed by atoms with van der Waals surface area (Å²) in [5, 5.41) is 23.4. The largest absolute Gasteiger partial charge is 0.466 e. The smallest absolute Gasteiger partial charge is 0.305 e. The molecule has 0 spiro atoms. The highest BCUT2D eigenvalue weighted by molar-refractivity contribution is 5.76. The minimum Gasteiger partial charge on any atom is -0.466 e. The lowest BCUT2D eigenvalue weighted by atomic mass is 10.0. The third-order valence-electron chi connectivity index (χ3n) is 18.1. The first kappa shape index (κ1) is 80.6. The second-order valence-electron chi connectivity index (χ2n) is 26.3. The van der Waals surface area contributed by atoms with E-state index in [-0.39, 0.29) is 18.5 Å². The number of ether oxygens (including phenoxy) is 1. The first-order chi connectivity index (χ1) is 40.5. The Morgan fingerprint density at radius 1 is 0.329 bits per heavy atom. The molecule has 0 fully saturated rings. The molecule has 82 heavy (non-hydrogen) atoms. The molecule has 3 N–H and O–H groups in total. The summed E-state index contributed by atoms with van der Waals surface area (Å²) in [4.78, 5) is 24.7. The van der Waals surface area contributed by atoms with Gasteiger partial charge in [0.05, 0.1) is 25.4 Å². The van der Waals surface area contributed by atoms with E-state index >= 15 is 0 Å². The van der Waals surface area contributed by atoms with Crippen LogP contribution < -0.4 is 5.32 Å². The third-order valence-corrected chi connectivity index (χ3v) is 18.1. The van der Waals surface area contributed by atoms with Gasteiger partial charge in [-0.2, -0.15) is 0 Å². The summed E-state index contributed by atoms with van der Waals surface area (Å²) in [6, 6.07) is -0.542. The number of aliphatic hydroxyl groups is 2.